The van der Waals surface area contributed by atoms with Crippen LogP contribution < -0.4 is 16.2 Å². The van der Waals surface area contributed by atoms with Gasteiger partial charge in [-0.1, -0.05) is 6.07 Å². The van der Waals surface area contributed by atoms with Crippen LogP contribution in [-0.2, 0) is 0 Å². The van der Waals surface area contributed by atoms with Crippen LogP contribution in [0.2, 0.25) is 0 Å². The van der Waals surface area contributed by atoms with Gasteiger partial charge in [-0.3, -0.25) is 35.9 Å². The largest absolute Gasteiger partial charge is 0.367 e. The number of hydrazine groups is 1. The van der Waals surface area contributed by atoms with Crippen LogP contribution in [0.3, 0.4) is 0 Å². The summed E-state index contributed by atoms with van der Waals surface area (Å²) in [6.07, 6.45) is 1.07. The van der Waals surface area contributed by atoms with E-state index in [-0.39, 0.29) is 22.9 Å². The van der Waals surface area contributed by atoms with E-state index in [1.165, 1.54) is 25.2 Å². The molecule has 24 heavy (non-hydrogen) atoms. The predicted octanol–water partition coefficient (Wildman–Crippen LogP) is 1.09. The Labute approximate surface area is 134 Å². The molecule has 12 nitrogen and oxygen atoms in total. The van der Waals surface area contributed by atoms with E-state index in [0.717, 1.165) is 12.4 Å². The lowest BCUT2D eigenvalue weighted by Gasteiger charge is -2.09. The van der Waals surface area contributed by atoms with Crippen molar-refractivity contribution in [3.05, 3.63) is 56.4 Å². The highest BCUT2D eigenvalue weighted by atomic mass is 16.6. The molecule has 0 spiro atoms. The third kappa shape index (κ3) is 3.49. The first-order chi connectivity index (χ1) is 11.4. The summed E-state index contributed by atoms with van der Waals surface area (Å²) in [6.45, 7) is 0. The van der Waals surface area contributed by atoms with Gasteiger partial charge in [0.1, 0.15) is 6.33 Å². The first-order valence-corrected chi connectivity index (χ1v) is 6.42. The summed E-state index contributed by atoms with van der Waals surface area (Å²) >= 11 is 0. The third-order valence-corrected chi connectivity index (χ3v) is 2.86. The second kappa shape index (κ2) is 6.95. The van der Waals surface area contributed by atoms with Crippen LogP contribution in [-0.4, -0.2) is 32.8 Å². The fourth-order valence-electron chi connectivity index (χ4n) is 1.77. The van der Waals surface area contributed by atoms with Gasteiger partial charge < -0.3 is 5.32 Å². The van der Waals surface area contributed by atoms with Crippen LogP contribution in [0.25, 0.3) is 0 Å². The number of non-ortho nitro benzene ring substituents is 1. The van der Waals surface area contributed by atoms with Crippen molar-refractivity contribution in [3.63, 3.8) is 0 Å². The summed E-state index contributed by atoms with van der Waals surface area (Å²) in [5, 5.41) is 24.3. The molecular formula is C12H11N7O5. The number of nitrogens with one attached hydrogen (secondary N) is 3. The Kier molecular flexibility index (Phi) is 4.79. The summed E-state index contributed by atoms with van der Waals surface area (Å²) in [5.41, 5.74) is 3.79. The van der Waals surface area contributed by atoms with Crippen LogP contribution in [0.15, 0.2) is 30.6 Å². The van der Waals surface area contributed by atoms with Crippen molar-refractivity contribution >= 4 is 28.9 Å². The molecular weight excluding hydrogens is 322 g/mol. The Morgan fingerprint density at radius 1 is 1.12 bits per heavy atom. The lowest BCUT2D eigenvalue weighted by molar-refractivity contribution is -0.384. The summed E-state index contributed by atoms with van der Waals surface area (Å²) < 4.78 is 0. The Bertz CT molecular complexity index is 810. The van der Waals surface area contributed by atoms with E-state index in [9.17, 15) is 25.0 Å². The Hall–Kier alpha value is -3.83. The van der Waals surface area contributed by atoms with Crippen LogP contribution >= 0.6 is 0 Å². The zero-order valence-electron chi connectivity index (χ0n) is 12.2. The zero-order valence-corrected chi connectivity index (χ0v) is 12.2. The first kappa shape index (κ1) is 16.5. The maximum absolute atomic E-state index is 12.0. The van der Waals surface area contributed by atoms with Crippen molar-refractivity contribution < 1.29 is 14.6 Å². The third-order valence-electron chi connectivity index (χ3n) is 2.86. The lowest BCUT2D eigenvalue weighted by atomic mass is 10.2. The van der Waals surface area contributed by atoms with Gasteiger partial charge in [-0.2, -0.15) is 0 Å². The number of nitrogens with zero attached hydrogens (tertiary/aromatic N) is 4. The van der Waals surface area contributed by atoms with E-state index in [4.69, 9.17) is 0 Å². The second-order valence-electron chi connectivity index (χ2n) is 4.31. The quantitative estimate of drug-likeness (QED) is 0.518. The normalized spacial score (nSPS) is 9.88. The number of anilines is 2. The van der Waals surface area contributed by atoms with Crippen molar-refractivity contribution in [1.29, 1.82) is 0 Å². The van der Waals surface area contributed by atoms with Crippen LogP contribution in [0.4, 0.5) is 23.0 Å². The van der Waals surface area contributed by atoms with Gasteiger partial charge in [0.05, 0.1) is 9.85 Å². The SMILES string of the molecule is CNc1ncnc(NNC(=O)c2cccc([N+](=O)[O-])c2)c1[N+](=O)[O-]. The number of hydrogen-bond acceptors (Lipinski definition) is 9. The number of hydrogen-bond donors (Lipinski definition) is 3. The molecule has 0 saturated carbocycles. The van der Waals surface area contributed by atoms with Crippen molar-refractivity contribution in [2.24, 2.45) is 0 Å². The Morgan fingerprint density at radius 2 is 1.83 bits per heavy atom. The van der Waals surface area contributed by atoms with E-state index < -0.39 is 21.4 Å². The van der Waals surface area contributed by atoms with Crippen LogP contribution in [0, 0.1) is 20.2 Å². The topological polar surface area (TPSA) is 165 Å². The summed E-state index contributed by atoms with van der Waals surface area (Å²) in [4.78, 5) is 39.8. The van der Waals surface area contributed by atoms with Crippen LogP contribution in [0.1, 0.15) is 10.4 Å². The molecule has 124 valence electrons. The van der Waals surface area contributed by atoms with E-state index in [1.54, 1.807) is 0 Å². The molecule has 0 bridgehead atoms. The molecule has 0 radical (unpaired) electrons. The second-order valence-corrected chi connectivity index (χ2v) is 4.31. The maximum atomic E-state index is 12.0. The average Bonchev–Trinajstić information content (AvgIpc) is 2.58. The molecule has 1 aromatic carbocycles. The molecule has 3 N–H and O–H groups in total. The number of carbonyl (C=O) groups excluding carboxylic acids is 1. The molecule has 0 unspecified atom stereocenters. The Balaban J connectivity index is 2.19. The monoisotopic (exact) mass is 333 g/mol. The van der Waals surface area contributed by atoms with E-state index in [2.05, 4.69) is 26.1 Å². The van der Waals surface area contributed by atoms with Crippen molar-refractivity contribution in [3.8, 4) is 0 Å². The molecule has 0 atom stereocenters. The maximum Gasteiger partial charge on any atom is 0.354 e. The summed E-state index contributed by atoms with van der Waals surface area (Å²) in [7, 11) is 1.45. The zero-order chi connectivity index (χ0) is 17.7. The van der Waals surface area contributed by atoms with Gasteiger partial charge in [0, 0.05) is 24.7 Å². The minimum atomic E-state index is -0.724. The minimum absolute atomic E-state index is 0.00208. The van der Waals surface area contributed by atoms with Gasteiger partial charge >= 0.3 is 5.69 Å². The predicted molar refractivity (Wildman–Crippen MR) is 82.4 cm³/mol. The summed E-state index contributed by atoms with van der Waals surface area (Å²) in [5.74, 6) is -1.00. The number of nitro benzene ring substituents is 1. The molecule has 0 saturated heterocycles. The lowest BCUT2D eigenvalue weighted by Crippen LogP contribution is -2.30. The summed E-state index contributed by atoms with van der Waals surface area (Å²) in [6, 6.07) is 5.01. The van der Waals surface area contributed by atoms with Crippen molar-refractivity contribution in [1.82, 2.24) is 15.4 Å². The standard InChI is InChI=1S/C12H11N7O5/c1-13-10-9(19(23)24)11(15-6-14-10)16-17-12(20)7-3-2-4-8(5-7)18(21)22/h2-6H,1H3,(H,17,20)(H2,13,14,15,16). The number of rotatable bonds is 6. The van der Waals surface area contributed by atoms with Gasteiger partial charge in [-0.15, -0.1) is 0 Å². The molecule has 2 aromatic rings. The Morgan fingerprint density at radius 3 is 2.46 bits per heavy atom. The van der Waals surface area contributed by atoms with E-state index in [1.807, 2.05) is 0 Å². The first-order valence-electron chi connectivity index (χ1n) is 6.42. The van der Waals surface area contributed by atoms with Gasteiger partial charge in [0.15, 0.2) is 0 Å². The molecule has 0 aliphatic heterocycles. The van der Waals surface area contributed by atoms with Gasteiger partial charge in [0.25, 0.3) is 11.6 Å². The number of benzene rings is 1. The number of nitro groups is 2. The number of aromatic nitrogens is 2. The molecule has 1 amide bonds. The smallest absolute Gasteiger partial charge is 0.354 e. The molecule has 1 aromatic heterocycles. The highest BCUT2D eigenvalue weighted by molar-refractivity contribution is 5.95. The molecule has 0 fully saturated rings. The fraction of sp³-hybridized carbons (Fsp3) is 0.0833. The highest BCUT2D eigenvalue weighted by Gasteiger charge is 2.22. The average molecular weight is 333 g/mol. The number of carbonyl (C=O) groups is 1. The minimum Gasteiger partial charge on any atom is -0.367 e. The van der Waals surface area contributed by atoms with Crippen molar-refractivity contribution in [2.45, 2.75) is 0 Å². The van der Waals surface area contributed by atoms with Gasteiger partial charge in [-0.05, 0) is 6.07 Å². The van der Waals surface area contributed by atoms with Crippen molar-refractivity contribution in [2.75, 3.05) is 17.8 Å². The van der Waals surface area contributed by atoms with Gasteiger partial charge in [-0.25, -0.2) is 9.97 Å². The number of amides is 1. The highest BCUT2D eigenvalue weighted by Crippen LogP contribution is 2.27. The fourth-order valence-corrected chi connectivity index (χ4v) is 1.77. The molecule has 1 heterocycles. The van der Waals surface area contributed by atoms with Crippen LogP contribution in [0.5, 0.6) is 0 Å². The molecule has 0 aliphatic carbocycles. The van der Waals surface area contributed by atoms with E-state index in [0.29, 0.717) is 0 Å². The molecule has 2 rings (SSSR count). The van der Waals surface area contributed by atoms with Gasteiger partial charge in [0.2, 0.25) is 11.6 Å². The van der Waals surface area contributed by atoms with E-state index >= 15 is 0 Å². The molecule has 12 heteroatoms. The molecule has 0 aliphatic rings.